The summed E-state index contributed by atoms with van der Waals surface area (Å²) in [6, 6.07) is 11.2. The Morgan fingerprint density at radius 3 is 2.38 bits per heavy atom. The Morgan fingerprint density at radius 2 is 1.67 bits per heavy atom. The number of carbonyl (C=O) groups excluding carboxylic acids is 3. The topological polar surface area (TPSA) is 157 Å². The van der Waals surface area contributed by atoms with Crippen LogP contribution in [-0.2, 0) is 14.3 Å². The van der Waals surface area contributed by atoms with Gasteiger partial charge in [-0.1, -0.05) is 58.7 Å². The van der Waals surface area contributed by atoms with E-state index in [4.69, 9.17) is 9.72 Å². The molecule has 0 aliphatic carbocycles. The number of likely N-dealkylation sites (tertiary alicyclic amines) is 1. The van der Waals surface area contributed by atoms with Crippen LogP contribution in [0.1, 0.15) is 103 Å². The number of H-pyrrole nitrogens is 2. The number of nitrogens with zero attached hydrogens (tertiary/aromatic N) is 4. The lowest BCUT2D eigenvalue weighted by Gasteiger charge is -2.34. The van der Waals surface area contributed by atoms with E-state index in [2.05, 4.69) is 76.3 Å². The van der Waals surface area contributed by atoms with E-state index in [9.17, 15) is 19.5 Å². The number of imidazole rings is 2. The molecular formula is C42H53N7O5S. The zero-order chi connectivity index (χ0) is 39.6. The van der Waals surface area contributed by atoms with Gasteiger partial charge in [-0.15, -0.1) is 11.8 Å². The summed E-state index contributed by atoms with van der Waals surface area (Å²) in [7, 11) is 1.29. The SMILES string of the molecule is COC(=O)N[C@H](C(=O)N1CCC[C@H]1c1ncc(C#Cc2ccc3cc(-c4cnc([C@@H]5CSC(CC(C)(C)O)N5C(=O)[C@@H](C)C(C)C)[nH]4)ccc3c2)[nH]1)C(C)C. The van der Waals surface area contributed by atoms with Crippen molar-refractivity contribution in [3.8, 4) is 23.1 Å². The Labute approximate surface area is 327 Å². The molecule has 0 spiro atoms. The summed E-state index contributed by atoms with van der Waals surface area (Å²) in [4.78, 5) is 59.1. The number of hydrogen-bond acceptors (Lipinski definition) is 8. The van der Waals surface area contributed by atoms with E-state index in [0.29, 0.717) is 30.2 Å². The van der Waals surface area contributed by atoms with Gasteiger partial charge >= 0.3 is 6.09 Å². The fraction of sp³-hybridized carbons (Fsp3) is 0.500. The van der Waals surface area contributed by atoms with Gasteiger partial charge in [0.15, 0.2) is 0 Å². The van der Waals surface area contributed by atoms with Gasteiger partial charge in [0.1, 0.15) is 23.4 Å². The molecule has 2 aromatic carbocycles. The number of benzene rings is 2. The maximum absolute atomic E-state index is 13.8. The highest BCUT2D eigenvalue weighted by Crippen LogP contribution is 2.43. The van der Waals surface area contributed by atoms with Gasteiger partial charge in [0.05, 0.1) is 48.3 Å². The standard InChI is InChI=1S/C42H53N7O5S/c1-24(2)26(5)39(50)49-34(23-55-35(49)20-42(6,7)53)38-44-22-32(46-38)30-15-14-28-18-27(11-13-29(28)19-30)12-16-31-21-43-37(45-31)33-10-9-17-48(33)40(51)36(25(3)4)47-41(52)54-8/h11,13-15,18-19,21-22,24-26,33-36,53H,9-10,17,20,23H2,1-8H3,(H,43,45)(H,44,46)(H,47,52)/t26-,33-,34-,35?,36-/m0/s1. The third kappa shape index (κ3) is 9.03. The van der Waals surface area contributed by atoms with Crippen molar-refractivity contribution < 1.29 is 24.2 Å². The summed E-state index contributed by atoms with van der Waals surface area (Å²) >= 11 is 1.70. The molecule has 1 unspecified atom stereocenters. The van der Waals surface area contributed by atoms with Crippen molar-refractivity contribution in [1.29, 1.82) is 0 Å². The van der Waals surface area contributed by atoms with Gasteiger partial charge in [0.2, 0.25) is 11.8 Å². The van der Waals surface area contributed by atoms with Crippen LogP contribution in [0.2, 0.25) is 0 Å². The van der Waals surface area contributed by atoms with E-state index < -0.39 is 17.7 Å². The fourth-order valence-electron chi connectivity index (χ4n) is 7.22. The number of thioether (sulfide) groups is 1. The molecule has 292 valence electrons. The van der Waals surface area contributed by atoms with E-state index in [1.165, 1.54) is 7.11 Å². The molecule has 4 heterocycles. The summed E-state index contributed by atoms with van der Waals surface area (Å²) < 4.78 is 4.74. The first-order valence-electron chi connectivity index (χ1n) is 19.1. The van der Waals surface area contributed by atoms with Gasteiger partial charge in [0, 0.05) is 35.8 Å². The third-order valence-corrected chi connectivity index (χ3v) is 11.9. The Balaban J connectivity index is 1.15. The maximum Gasteiger partial charge on any atom is 0.407 e. The van der Waals surface area contributed by atoms with Crippen LogP contribution in [-0.4, -0.2) is 89.2 Å². The maximum atomic E-state index is 13.8. The first-order valence-corrected chi connectivity index (χ1v) is 20.2. The minimum atomic E-state index is -0.898. The lowest BCUT2D eigenvalue weighted by molar-refractivity contribution is -0.139. The van der Waals surface area contributed by atoms with Crippen LogP contribution >= 0.6 is 11.8 Å². The molecule has 55 heavy (non-hydrogen) atoms. The molecule has 3 amide bonds. The van der Waals surface area contributed by atoms with Crippen molar-refractivity contribution in [2.45, 2.75) is 96.8 Å². The predicted octanol–water partition coefficient (Wildman–Crippen LogP) is 6.79. The molecule has 2 saturated heterocycles. The number of nitrogens with one attached hydrogen (secondary N) is 3. The Hall–Kier alpha value is -4.80. The van der Waals surface area contributed by atoms with Crippen LogP contribution in [0.3, 0.4) is 0 Å². The number of aromatic nitrogens is 4. The number of aliphatic hydroxyl groups is 1. The highest BCUT2D eigenvalue weighted by Gasteiger charge is 2.43. The summed E-state index contributed by atoms with van der Waals surface area (Å²) in [5.41, 5.74) is 2.47. The van der Waals surface area contributed by atoms with E-state index in [1.54, 1.807) is 36.7 Å². The molecule has 6 rings (SSSR count). The monoisotopic (exact) mass is 767 g/mol. The Morgan fingerprint density at radius 1 is 0.964 bits per heavy atom. The number of carbonyl (C=O) groups is 3. The third-order valence-electron chi connectivity index (χ3n) is 10.7. The molecule has 13 heteroatoms. The Bertz CT molecular complexity index is 2090. The van der Waals surface area contributed by atoms with E-state index in [0.717, 1.165) is 46.3 Å². The van der Waals surface area contributed by atoms with Crippen LogP contribution in [0.5, 0.6) is 0 Å². The molecule has 2 aliphatic rings. The number of methoxy groups -OCH3 is 1. The van der Waals surface area contributed by atoms with E-state index >= 15 is 0 Å². The lowest BCUT2D eigenvalue weighted by Crippen LogP contribution is -2.51. The molecular weight excluding hydrogens is 715 g/mol. The van der Waals surface area contributed by atoms with E-state index in [-0.39, 0.29) is 47.0 Å². The highest BCUT2D eigenvalue weighted by molar-refractivity contribution is 8.00. The summed E-state index contributed by atoms with van der Waals surface area (Å²) in [6.07, 6.45) is 4.98. The summed E-state index contributed by atoms with van der Waals surface area (Å²) in [6.45, 7) is 14.1. The average molecular weight is 768 g/mol. The van der Waals surface area contributed by atoms with Crippen LogP contribution in [0, 0.1) is 29.6 Å². The highest BCUT2D eigenvalue weighted by atomic mass is 32.2. The van der Waals surface area contributed by atoms with Crippen molar-refractivity contribution in [3.05, 3.63) is 71.7 Å². The second-order valence-corrected chi connectivity index (χ2v) is 17.2. The van der Waals surface area contributed by atoms with Gasteiger partial charge in [-0.2, -0.15) is 0 Å². The minimum absolute atomic E-state index is 0.0911. The van der Waals surface area contributed by atoms with Crippen molar-refractivity contribution in [3.63, 3.8) is 0 Å². The zero-order valence-electron chi connectivity index (χ0n) is 33.0. The molecule has 0 radical (unpaired) electrons. The first kappa shape index (κ1) is 39.9. The first-order chi connectivity index (χ1) is 26.1. The van der Waals surface area contributed by atoms with Crippen molar-refractivity contribution >= 4 is 40.4 Å². The second kappa shape index (κ2) is 16.5. The minimum Gasteiger partial charge on any atom is -0.453 e. The number of aromatic amines is 2. The van der Waals surface area contributed by atoms with Crippen LogP contribution in [0.15, 0.2) is 48.8 Å². The quantitative estimate of drug-likeness (QED) is 0.129. The number of rotatable bonds is 10. The normalized spacial score (nSPS) is 19.8. The van der Waals surface area contributed by atoms with Gasteiger partial charge in [0.25, 0.3) is 0 Å². The van der Waals surface area contributed by atoms with Gasteiger partial charge < -0.3 is 34.9 Å². The molecule has 2 aromatic heterocycles. The van der Waals surface area contributed by atoms with Gasteiger partial charge in [-0.3, -0.25) is 9.59 Å². The Kier molecular flexibility index (Phi) is 12.0. The molecule has 2 aliphatic heterocycles. The van der Waals surface area contributed by atoms with Crippen molar-refractivity contribution in [1.82, 2.24) is 35.1 Å². The van der Waals surface area contributed by atoms with Crippen LogP contribution in [0.25, 0.3) is 22.0 Å². The fourth-order valence-corrected chi connectivity index (χ4v) is 8.88. The van der Waals surface area contributed by atoms with Gasteiger partial charge in [-0.05, 0) is 73.4 Å². The molecule has 12 nitrogen and oxygen atoms in total. The smallest absolute Gasteiger partial charge is 0.407 e. The van der Waals surface area contributed by atoms with Crippen molar-refractivity contribution in [2.24, 2.45) is 17.8 Å². The molecule has 4 N–H and O–H groups in total. The lowest BCUT2D eigenvalue weighted by atomic mass is 9.95. The zero-order valence-corrected chi connectivity index (χ0v) is 33.8. The van der Waals surface area contributed by atoms with Gasteiger partial charge in [-0.25, -0.2) is 14.8 Å². The van der Waals surface area contributed by atoms with Crippen molar-refractivity contribution in [2.75, 3.05) is 19.4 Å². The largest absolute Gasteiger partial charge is 0.453 e. The number of ether oxygens (including phenoxy) is 1. The van der Waals surface area contributed by atoms with Crippen LogP contribution < -0.4 is 5.32 Å². The molecule has 4 aromatic rings. The molecule has 2 fully saturated rings. The number of hydrogen-bond donors (Lipinski definition) is 4. The van der Waals surface area contributed by atoms with Crippen LogP contribution in [0.4, 0.5) is 4.79 Å². The number of fused-ring (bicyclic) bond motifs is 1. The molecule has 0 saturated carbocycles. The second-order valence-electron chi connectivity index (χ2n) is 16.0. The summed E-state index contributed by atoms with van der Waals surface area (Å²) in [5.74, 6) is 8.46. The molecule has 5 atom stereocenters. The van der Waals surface area contributed by atoms with E-state index in [1.807, 2.05) is 37.9 Å². The predicted molar refractivity (Wildman–Crippen MR) is 215 cm³/mol. The summed E-state index contributed by atoms with van der Waals surface area (Å²) in [5, 5.41) is 15.3. The average Bonchev–Trinajstić information content (AvgIpc) is 3.97. The number of amides is 3. The number of alkyl carbamates (subject to hydrolysis) is 1. The molecule has 0 bridgehead atoms.